The second-order valence-corrected chi connectivity index (χ2v) is 18.1. The fraction of sp³-hybridized carbons (Fsp3) is 0.950. The summed E-state index contributed by atoms with van der Waals surface area (Å²) in [7, 11) is 0. The summed E-state index contributed by atoms with van der Waals surface area (Å²) in [5, 5.41) is 21.3. The van der Waals surface area contributed by atoms with Crippen LogP contribution in [0.4, 0.5) is 0 Å². The van der Waals surface area contributed by atoms with Gasteiger partial charge in [0.15, 0.2) is 0 Å². The Kier molecular flexibility index (Phi) is 19.6. The Morgan fingerprint density at radius 3 is 1.04 bits per heavy atom. The molecule has 2 aliphatic heterocycles. The van der Waals surface area contributed by atoms with Crippen LogP contribution < -0.4 is 31.9 Å². The zero-order valence-electron chi connectivity index (χ0n) is 32.9. The number of carbonyl (C=O) groups excluding carboxylic acids is 2. The van der Waals surface area contributed by atoms with Gasteiger partial charge in [-0.05, 0) is 133 Å². The van der Waals surface area contributed by atoms with Gasteiger partial charge in [0.05, 0.1) is 0 Å². The molecule has 0 bridgehead atoms. The van der Waals surface area contributed by atoms with Gasteiger partial charge in [0.2, 0.25) is 11.8 Å². The standard InChI is InChI=1S/C40H80N6O2/c1-37(2)29-33(30-38(3,4)45-37)41-25-19-13-15-21-27-43-35(47)23-17-11-9-10-12-18-24-36(48)44-28-22-16-14-20-26-42-34-31-39(5,6)46-40(7,8)32-34/h33-34,41-42,45-46H,9-32H2,1-8H3,(H,43,47)(H,44,48). The van der Waals surface area contributed by atoms with E-state index >= 15 is 0 Å². The quantitative estimate of drug-likeness (QED) is 0.0569. The van der Waals surface area contributed by atoms with E-state index in [2.05, 4.69) is 87.3 Å². The Balaban J connectivity index is 1.29. The minimum atomic E-state index is 0.193. The predicted molar refractivity (Wildman–Crippen MR) is 205 cm³/mol. The van der Waals surface area contributed by atoms with Crippen molar-refractivity contribution in [3.8, 4) is 0 Å². The first-order valence-electron chi connectivity index (χ1n) is 20.2. The number of hydrogen-bond acceptors (Lipinski definition) is 6. The van der Waals surface area contributed by atoms with E-state index in [1.807, 2.05) is 0 Å². The summed E-state index contributed by atoms with van der Waals surface area (Å²) in [6.07, 6.45) is 21.8. The third-order valence-electron chi connectivity index (χ3n) is 10.2. The van der Waals surface area contributed by atoms with Crippen molar-refractivity contribution in [2.24, 2.45) is 0 Å². The van der Waals surface area contributed by atoms with Crippen molar-refractivity contribution in [2.75, 3.05) is 26.2 Å². The number of rotatable bonds is 25. The van der Waals surface area contributed by atoms with Crippen LogP contribution >= 0.6 is 0 Å². The van der Waals surface area contributed by atoms with E-state index in [1.54, 1.807) is 0 Å². The van der Waals surface area contributed by atoms with E-state index in [4.69, 9.17) is 0 Å². The number of piperidine rings is 2. The molecular weight excluding hydrogens is 596 g/mol. The van der Waals surface area contributed by atoms with Crippen LogP contribution in [0.2, 0.25) is 0 Å². The highest BCUT2D eigenvalue weighted by atomic mass is 16.2. The van der Waals surface area contributed by atoms with E-state index in [9.17, 15) is 9.59 Å². The Morgan fingerprint density at radius 1 is 0.438 bits per heavy atom. The minimum Gasteiger partial charge on any atom is -0.356 e. The van der Waals surface area contributed by atoms with Crippen LogP contribution in [0.25, 0.3) is 0 Å². The number of hydrogen-bond donors (Lipinski definition) is 6. The lowest BCUT2D eigenvalue weighted by Gasteiger charge is -2.46. The molecular formula is C40H80N6O2. The molecule has 2 fully saturated rings. The zero-order valence-corrected chi connectivity index (χ0v) is 32.9. The van der Waals surface area contributed by atoms with Crippen LogP contribution in [0, 0.1) is 0 Å². The first kappa shape index (κ1) is 42.9. The molecule has 2 heterocycles. The summed E-state index contributed by atoms with van der Waals surface area (Å²) in [4.78, 5) is 24.3. The first-order valence-corrected chi connectivity index (χ1v) is 20.2. The Morgan fingerprint density at radius 2 is 0.708 bits per heavy atom. The predicted octanol–water partition coefficient (Wildman–Crippen LogP) is 7.26. The minimum absolute atomic E-state index is 0.193. The Bertz CT molecular complexity index is 798. The molecule has 0 aromatic rings. The van der Waals surface area contributed by atoms with Gasteiger partial charge in [-0.2, -0.15) is 0 Å². The van der Waals surface area contributed by atoms with Gasteiger partial charge in [0.25, 0.3) is 0 Å². The summed E-state index contributed by atoms with van der Waals surface area (Å²) < 4.78 is 0. The van der Waals surface area contributed by atoms with Gasteiger partial charge in [-0.3, -0.25) is 9.59 Å². The Hall–Kier alpha value is -1.22. The van der Waals surface area contributed by atoms with Crippen molar-refractivity contribution in [3.05, 3.63) is 0 Å². The van der Waals surface area contributed by atoms with E-state index in [1.165, 1.54) is 64.2 Å². The van der Waals surface area contributed by atoms with E-state index in [0.29, 0.717) is 24.9 Å². The van der Waals surface area contributed by atoms with E-state index in [0.717, 1.165) is 77.5 Å². The second-order valence-electron chi connectivity index (χ2n) is 18.1. The van der Waals surface area contributed by atoms with Gasteiger partial charge < -0.3 is 31.9 Å². The van der Waals surface area contributed by atoms with Crippen molar-refractivity contribution in [1.29, 1.82) is 0 Å². The molecule has 48 heavy (non-hydrogen) atoms. The number of carbonyl (C=O) groups is 2. The molecule has 0 radical (unpaired) electrons. The molecule has 8 heteroatoms. The maximum atomic E-state index is 12.2. The molecule has 0 atom stereocenters. The molecule has 0 aliphatic carbocycles. The van der Waals surface area contributed by atoms with Crippen LogP contribution in [0.15, 0.2) is 0 Å². The molecule has 0 spiro atoms. The average molecular weight is 677 g/mol. The summed E-state index contributed by atoms with van der Waals surface area (Å²) >= 11 is 0. The summed E-state index contributed by atoms with van der Waals surface area (Å²) in [6.45, 7) is 22.2. The topological polar surface area (TPSA) is 106 Å². The third-order valence-corrected chi connectivity index (χ3v) is 10.2. The molecule has 2 saturated heterocycles. The lowest BCUT2D eigenvalue weighted by atomic mass is 9.79. The summed E-state index contributed by atoms with van der Waals surface area (Å²) in [5.74, 6) is 0.401. The summed E-state index contributed by atoms with van der Waals surface area (Å²) in [5.41, 5.74) is 0.772. The fourth-order valence-corrected chi connectivity index (χ4v) is 8.66. The van der Waals surface area contributed by atoms with Crippen LogP contribution in [0.5, 0.6) is 0 Å². The van der Waals surface area contributed by atoms with Crippen molar-refractivity contribution >= 4 is 11.8 Å². The lowest BCUT2D eigenvalue weighted by molar-refractivity contribution is -0.122. The van der Waals surface area contributed by atoms with Crippen molar-refractivity contribution in [1.82, 2.24) is 31.9 Å². The van der Waals surface area contributed by atoms with E-state index < -0.39 is 0 Å². The number of nitrogens with one attached hydrogen (secondary N) is 6. The molecule has 2 rings (SSSR count). The Labute approximate surface area is 297 Å². The number of unbranched alkanes of at least 4 members (excludes halogenated alkanes) is 11. The smallest absolute Gasteiger partial charge is 0.219 e. The zero-order chi connectivity index (χ0) is 35.5. The SMILES string of the molecule is CC1(C)CC(NCCCCCCNC(=O)CCCCCCCCC(=O)NCCCCCCNC2CC(C)(C)NC(C)(C)C2)CC(C)(C)N1. The highest BCUT2D eigenvalue weighted by Gasteiger charge is 2.38. The normalized spacial score (nSPS) is 20.4. The van der Waals surface area contributed by atoms with Crippen LogP contribution in [0.1, 0.15) is 184 Å². The lowest BCUT2D eigenvalue weighted by Crippen LogP contribution is -2.61. The first-order chi connectivity index (χ1) is 22.6. The molecule has 2 amide bonds. The molecule has 0 unspecified atom stereocenters. The van der Waals surface area contributed by atoms with Gasteiger partial charge in [0, 0.05) is 60.2 Å². The molecule has 6 N–H and O–H groups in total. The molecule has 2 aliphatic rings. The van der Waals surface area contributed by atoms with Gasteiger partial charge in [-0.25, -0.2) is 0 Å². The van der Waals surface area contributed by atoms with Crippen LogP contribution in [-0.2, 0) is 9.59 Å². The molecule has 0 aromatic carbocycles. The van der Waals surface area contributed by atoms with Gasteiger partial charge in [-0.15, -0.1) is 0 Å². The van der Waals surface area contributed by atoms with Crippen molar-refractivity contribution in [2.45, 2.75) is 218 Å². The summed E-state index contributed by atoms with van der Waals surface area (Å²) in [6, 6.07) is 1.19. The van der Waals surface area contributed by atoms with Crippen LogP contribution in [-0.4, -0.2) is 72.2 Å². The highest BCUT2D eigenvalue weighted by Crippen LogP contribution is 2.29. The maximum Gasteiger partial charge on any atom is 0.219 e. The van der Waals surface area contributed by atoms with E-state index in [-0.39, 0.29) is 34.0 Å². The molecule has 282 valence electrons. The fourth-order valence-electron chi connectivity index (χ4n) is 8.66. The molecule has 0 aromatic heterocycles. The van der Waals surface area contributed by atoms with Crippen LogP contribution in [0.3, 0.4) is 0 Å². The van der Waals surface area contributed by atoms with Gasteiger partial charge in [-0.1, -0.05) is 51.4 Å². The van der Waals surface area contributed by atoms with Gasteiger partial charge in [0.1, 0.15) is 0 Å². The second kappa shape index (κ2) is 21.9. The monoisotopic (exact) mass is 677 g/mol. The highest BCUT2D eigenvalue weighted by molar-refractivity contribution is 5.76. The number of amides is 2. The van der Waals surface area contributed by atoms with Crippen molar-refractivity contribution < 1.29 is 9.59 Å². The van der Waals surface area contributed by atoms with Crippen molar-refractivity contribution in [3.63, 3.8) is 0 Å². The largest absolute Gasteiger partial charge is 0.356 e. The average Bonchev–Trinajstić information content (AvgIpc) is 2.94. The molecule has 8 nitrogen and oxygen atoms in total. The molecule has 0 saturated carbocycles. The maximum absolute atomic E-state index is 12.2. The van der Waals surface area contributed by atoms with Gasteiger partial charge >= 0.3 is 0 Å². The third kappa shape index (κ3) is 21.1.